The molecule has 0 atom stereocenters. The number of hydrogen-bond donors (Lipinski definition) is 0. The van der Waals surface area contributed by atoms with Crippen LogP contribution in [0, 0.1) is 0 Å². The molecule has 0 radical (unpaired) electrons. The van der Waals surface area contributed by atoms with Crippen LogP contribution in [-0.4, -0.2) is 19.7 Å². The zero-order chi connectivity index (χ0) is 14.9. The Bertz CT molecular complexity index is 546. The second-order valence-electron chi connectivity index (χ2n) is 4.80. The first-order valence-electron chi connectivity index (χ1n) is 7.10. The van der Waals surface area contributed by atoms with Crippen LogP contribution in [0.3, 0.4) is 0 Å². The Morgan fingerprint density at radius 1 is 0.905 bits per heavy atom. The van der Waals surface area contributed by atoms with Crippen molar-refractivity contribution in [3.63, 3.8) is 0 Å². The van der Waals surface area contributed by atoms with Crippen molar-refractivity contribution in [2.45, 2.75) is 19.3 Å². The van der Waals surface area contributed by atoms with Gasteiger partial charge in [-0.3, -0.25) is 4.79 Å². The van der Waals surface area contributed by atoms with Crippen LogP contribution >= 0.6 is 0 Å². The zero-order valence-electron chi connectivity index (χ0n) is 12.2. The molecule has 2 aromatic carbocycles. The number of carbonyl (C=O) groups is 1. The van der Waals surface area contributed by atoms with Crippen molar-refractivity contribution < 1.29 is 14.3 Å². The monoisotopic (exact) mass is 284 g/mol. The Hall–Kier alpha value is -2.29. The van der Waals surface area contributed by atoms with Gasteiger partial charge in [-0.25, -0.2) is 0 Å². The molecule has 0 aromatic heterocycles. The summed E-state index contributed by atoms with van der Waals surface area (Å²) in [6, 6.07) is 17.8. The van der Waals surface area contributed by atoms with Gasteiger partial charge in [0, 0.05) is 12.8 Å². The highest BCUT2D eigenvalue weighted by atomic mass is 16.5. The fraction of sp³-hybridized carbons (Fsp3) is 0.278. The molecule has 3 heteroatoms. The standard InChI is InChI=1S/C18H20O3/c1-20-17-10-7-16(8-11-17)9-12-18(19)21-14-13-15-5-3-2-4-6-15/h2-8,10-11H,9,12-14H2,1H3. The summed E-state index contributed by atoms with van der Waals surface area (Å²) in [4.78, 5) is 11.7. The number of carbonyl (C=O) groups excluding carboxylic acids is 1. The smallest absolute Gasteiger partial charge is 0.306 e. The summed E-state index contributed by atoms with van der Waals surface area (Å²) in [6.45, 7) is 0.436. The first kappa shape index (κ1) is 15.1. The van der Waals surface area contributed by atoms with Crippen LogP contribution in [0.1, 0.15) is 17.5 Å². The lowest BCUT2D eigenvalue weighted by atomic mass is 10.1. The maximum atomic E-state index is 11.7. The van der Waals surface area contributed by atoms with E-state index in [1.807, 2.05) is 54.6 Å². The highest BCUT2D eigenvalue weighted by molar-refractivity contribution is 5.69. The lowest BCUT2D eigenvalue weighted by Crippen LogP contribution is -2.08. The van der Waals surface area contributed by atoms with Gasteiger partial charge in [-0.1, -0.05) is 42.5 Å². The first-order valence-corrected chi connectivity index (χ1v) is 7.10. The lowest BCUT2D eigenvalue weighted by molar-refractivity contribution is -0.143. The Morgan fingerprint density at radius 2 is 1.57 bits per heavy atom. The van der Waals surface area contributed by atoms with Crippen LogP contribution in [-0.2, 0) is 22.4 Å². The van der Waals surface area contributed by atoms with Gasteiger partial charge in [0.2, 0.25) is 0 Å². The largest absolute Gasteiger partial charge is 0.497 e. The van der Waals surface area contributed by atoms with Crippen molar-refractivity contribution in [2.24, 2.45) is 0 Å². The van der Waals surface area contributed by atoms with Crippen LogP contribution in [0.25, 0.3) is 0 Å². The zero-order valence-corrected chi connectivity index (χ0v) is 12.2. The molecule has 0 fully saturated rings. The Labute approximate surface area is 125 Å². The molecule has 0 aliphatic carbocycles. The van der Waals surface area contributed by atoms with E-state index < -0.39 is 0 Å². The number of ether oxygens (including phenoxy) is 2. The normalized spacial score (nSPS) is 10.1. The molecule has 0 spiro atoms. The number of benzene rings is 2. The summed E-state index contributed by atoms with van der Waals surface area (Å²) in [5.74, 6) is 0.672. The number of hydrogen-bond acceptors (Lipinski definition) is 3. The predicted molar refractivity (Wildman–Crippen MR) is 82.4 cm³/mol. The molecular weight excluding hydrogens is 264 g/mol. The third-order valence-corrected chi connectivity index (χ3v) is 3.27. The van der Waals surface area contributed by atoms with Crippen molar-refractivity contribution in [1.82, 2.24) is 0 Å². The summed E-state index contributed by atoms with van der Waals surface area (Å²) in [6.07, 6.45) is 1.85. The van der Waals surface area contributed by atoms with E-state index in [4.69, 9.17) is 9.47 Å². The fourth-order valence-corrected chi connectivity index (χ4v) is 2.04. The van der Waals surface area contributed by atoms with E-state index in [0.717, 1.165) is 17.7 Å². The van der Waals surface area contributed by atoms with E-state index in [9.17, 15) is 4.79 Å². The SMILES string of the molecule is COc1ccc(CCC(=O)OCCc2ccccc2)cc1. The number of methoxy groups -OCH3 is 1. The van der Waals surface area contributed by atoms with Crippen molar-refractivity contribution in [2.75, 3.05) is 13.7 Å². The summed E-state index contributed by atoms with van der Waals surface area (Å²) in [5, 5.41) is 0. The minimum absolute atomic E-state index is 0.151. The van der Waals surface area contributed by atoms with Gasteiger partial charge in [-0.15, -0.1) is 0 Å². The minimum Gasteiger partial charge on any atom is -0.497 e. The molecule has 0 aliphatic heterocycles. The molecule has 0 bridgehead atoms. The van der Waals surface area contributed by atoms with Crippen molar-refractivity contribution in [1.29, 1.82) is 0 Å². The van der Waals surface area contributed by atoms with E-state index in [0.29, 0.717) is 19.4 Å². The van der Waals surface area contributed by atoms with E-state index in [1.165, 1.54) is 5.56 Å². The highest BCUT2D eigenvalue weighted by Gasteiger charge is 2.04. The maximum Gasteiger partial charge on any atom is 0.306 e. The van der Waals surface area contributed by atoms with Crippen LogP contribution in [0.2, 0.25) is 0 Å². The molecule has 0 amide bonds. The number of aryl methyl sites for hydroxylation is 1. The van der Waals surface area contributed by atoms with Crippen molar-refractivity contribution in [3.05, 3.63) is 65.7 Å². The van der Waals surface area contributed by atoms with Gasteiger partial charge in [0.15, 0.2) is 0 Å². The molecule has 0 saturated carbocycles. The van der Waals surface area contributed by atoms with Crippen LogP contribution in [0.5, 0.6) is 5.75 Å². The Morgan fingerprint density at radius 3 is 2.24 bits per heavy atom. The molecule has 0 unspecified atom stereocenters. The Balaban J connectivity index is 1.67. The average molecular weight is 284 g/mol. The highest BCUT2D eigenvalue weighted by Crippen LogP contribution is 2.12. The summed E-state index contributed by atoms with van der Waals surface area (Å²) >= 11 is 0. The van der Waals surface area contributed by atoms with Crippen LogP contribution in [0.4, 0.5) is 0 Å². The Kier molecular flexibility index (Phi) is 5.83. The summed E-state index contributed by atoms with van der Waals surface area (Å²) in [7, 11) is 1.64. The molecule has 110 valence electrons. The molecule has 21 heavy (non-hydrogen) atoms. The van der Waals surface area contributed by atoms with E-state index in [1.54, 1.807) is 7.11 Å². The minimum atomic E-state index is -0.151. The van der Waals surface area contributed by atoms with E-state index in [2.05, 4.69) is 0 Å². The predicted octanol–water partition coefficient (Wildman–Crippen LogP) is 3.41. The summed E-state index contributed by atoms with van der Waals surface area (Å²) in [5.41, 5.74) is 2.29. The lowest BCUT2D eigenvalue weighted by Gasteiger charge is -2.06. The molecule has 3 nitrogen and oxygen atoms in total. The molecular formula is C18H20O3. The van der Waals surface area contributed by atoms with Gasteiger partial charge in [0.25, 0.3) is 0 Å². The van der Waals surface area contributed by atoms with E-state index in [-0.39, 0.29) is 5.97 Å². The van der Waals surface area contributed by atoms with Crippen molar-refractivity contribution in [3.8, 4) is 5.75 Å². The molecule has 0 saturated heterocycles. The van der Waals surface area contributed by atoms with Gasteiger partial charge < -0.3 is 9.47 Å². The fourth-order valence-electron chi connectivity index (χ4n) is 2.04. The maximum absolute atomic E-state index is 11.7. The van der Waals surface area contributed by atoms with Gasteiger partial charge in [0.05, 0.1) is 13.7 Å². The van der Waals surface area contributed by atoms with Gasteiger partial charge >= 0.3 is 5.97 Å². The first-order chi connectivity index (χ1) is 10.3. The molecule has 0 heterocycles. The van der Waals surface area contributed by atoms with Gasteiger partial charge in [-0.05, 0) is 29.7 Å². The molecule has 0 aliphatic rings. The van der Waals surface area contributed by atoms with Gasteiger partial charge in [-0.2, -0.15) is 0 Å². The number of esters is 1. The molecule has 2 aromatic rings. The molecule has 0 N–H and O–H groups in total. The third-order valence-electron chi connectivity index (χ3n) is 3.27. The third kappa shape index (κ3) is 5.30. The van der Waals surface area contributed by atoms with Gasteiger partial charge in [0.1, 0.15) is 5.75 Å². The molecule has 2 rings (SSSR count). The van der Waals surface area contributed by atoms with Crippen LogP contribution < -0.4 is 4.74 Å². The number of rotatable bonds is 7. The van der Waals surface area contributed by atoms with Crippen molar-refractivity contribution >= 4 is 5.97 Å². The van der Waals surface area contributed by atoms with E-state index >= 15 is 0 Å². The van der Waals surface area contributed by atoms with Crippen LogP contribution in [0.15, 0.2) is 54.6 Å². The quantitative estimate of drug-likeness (QED) is 0.731. The average Bonchev–Trinajstić information content (AvgIpc) is 2.54. The summed E-state index contributed by atoms with van der Waals surface area (Å²) < 4.78 is 10.3. The second-order valence-corrected chi connectivity index (χ2v) is 4.80. The topological polar surface area (TPSA) is 35.5 Å². The second kappa shape index (κ2) is 8.10.